The predicted molar refractivity (Wildman–Crippen MR) is 115 cm³/mol. The molecule has 0 aliphatic rings. The van der Waals surface area contributed by atoms with Gasteiger partial charge in [0.15, 0.2) is 0 Å². The molecule has 0 aliphatic heterocycles. The molecule has 0 radical (unpaired) electrons. The molecule has 3 rings (SSSR count). The largest absolute Gasteiger partial charge is 0.322 e. The molecule has 3 aromatic rings. The maximum absolute atomic E-state index is 12.2. The number of carbonyl (C=O) groups is 1. The van der Waals surface area contributed by atoms with Gasteiger partial charge in [-0.05, 0) is 67.8 Å². The minimum absolute atomic E-state index is 0.169. The molecule has 0 unspecified atom stereocenters. The van der Waals surface area contributed by atoms with E-state index in [1.165, 1.54) is 11.6 Å². The van der Waals surface area contributed by atoms with Crippen LogP contribution in [0.25, 0.3) is 6.08 Å². The number of anilines is 1. The summed E-state index contributed by atoms with van der Waals surface area (Å²) < 4.78 is 0. The van der Waals surface area contributed by atoms with E-state index in [9.17, 15) is 4.79 Å². The van der Waals surface area contributed by atoms with E-state index in [1.807, 2.05) is 87.5 Å². The van der Waals surface area contributed by atoms with E-state index in [2.05, 4.69) is 15.5 Å². The van der Waals surface area contributed by atoms with Crippen LogP contribution in [0.1, 0.15) is 22.3 Å². The lowest BCUT2D eigenvalue weighted by Gasteiger charge is -2.07. The summed E-state index contributed by atoms with van der Waals surface area (Å²) in [6.45, 7) is 5.97. The summed E-state index contributed by atoms with van der Waals surface area (Å²) in [5.41, 5.74) is 6.54. The Morgan fingerprint density at radius 3 is 2.32 bits per heavy atom. The van der Waals surface area contributed by atoms with Gasteiger partial charge in [-0.3, -0.25) is 4.79 Å². The molecule has 0 heterocycles. The highest BCUT2D eigenvalue weighted by molar-refractivity contribution is 6.02. The van der Waals surface area contributed by atoms with E-state index in [4.69, 9.17) is 0 Å². The first-order chi connectivity index (χ1) is 13.5. The van der Waals surface area contributed by atoms with E-state index in [1.54, 1.807) is 6.08 Å². The number of carbonyl (C=O) groups excluding carboxylic acids is 1. The molecule has 1 N–H and O–H groups in total. The van der Waals surface area contributed by atoms with Gasteiger partial charge < -0.3 is 5.32 Å². The van der Waals surface area contributed by atoms with E-state index < -0.39 is 0 Å². The zero-order valence-electron chi connectivity index (χ0n) is 16.3. The van der Waals surface area contributed by atoms with E-state index in [0.717, 1.165) is 33.8 Å². The Balaban J connectivity index is 1.66. The van der Waals surface area contributed by atoms with Gasteiger partial charge in [-0.2, -0.15) is 10.2 Å². The Hall–Kier alpha value is -3.53. The van der Waals surface area contributed by atoms with Crippen molar-refractivity contribution in [1.29, 1.82) is 0 Å². The van der Waals surface area contributed by atoms with Crippen molar-refractivity contribution in [2.45, 2.75) is 20.8 Å². The summed E-state index contributed by atoms with van der Waals surface area (Å²) >= 11 is 0. The van der Waals surface area contributed by atoms with Crippen molar-refractivity contribution < 1.29 is 4.79 Å². The minimum atomic E-state index is -0.169. The third-order valence-corrected chi connectivity index (χ3v) is 4.36. The maximum Gasteiger partial charge on any atom is 0.248 e. The van der Waals surface area contributed by atoms with Gasteiger partial charge in [0.05, 0.1) is 11.4 Å². The first-order valence-electron chi connectivity index (χ1n) is 9.15. The molecular weight excluding hydrogens is 346 g/mol. The second-order valence-electron chi connectivity index (χ2n) is 6.72. The van der Waals surface area contributed by atoms with Crippen LogP contribution in [0.4, 0.5) is 17.1 Å². The Bertz CT molecular complexity index is 1030. The fourth-order valence-corrected chi connectivity index (χ4v) is 2.66. The minimum Gasteiger partial charge on any atom is -0.322 e. The summed E-state index contributed by atoms with van der Waals surface area (Å²) in [6, 6.07) is 21.4. The third-order valence-electron chi connectivity index (χ3n) is 4.36. The lowest BCUT2D eigenvalue weighted by atomic mass is 10.1. The van der Waals surface area contributed by atoms with Crippen LogP contribution in [-0.2, 0) is 4.79 Å². The van der Waals surface area contributed by atoms with Crippen molar-refractivity contribution in [3.63, 3.8) is 0 Å². The van der Waals surface area contributed by atoms with Crippen LogP contribution in [0.2, 0.25) is 0 Å². The van der Waals surface area contributed by atoms with Gasteiger partial charge in [0.2, 0.25) is 5.91 Å². The molecule has 28 heavy (non-hydrogen) atoms. The maximum atomic E-state index is 12.2. The van der Waals surface area contributed by atoms with Gasteiger partial charge in [0, 0.05) is 11.8 Å². The molecule has 0 aromatic heterocycles. The van der Waals surface area contributed by atoms with Crippen molar-refractivity contribution in [2.75, 3.05) is 5.32 Å². The van der Waals surface area contributed by atoms with Gasteiger partial charge >= 0.3 is 0 Å². The molecule has 140 valence electrons. The highest BCUT2D eigenvalue weighted by Crippen LogP contribution is 2.25. The van der Waals surface area contributed by atoms with Crippen LogP contribution in [0, 0.1) is 20.8 Å². The van der Waals surface area contributed by atoms with Crippen LogP contribution < -0.4 is 5.32 Å². The van der Waals surface area contributed by atoms with Crippen molar-refractivity contribution in [3.8, 4) is 0 Å². The number of amides is 1. The number of hydrogen-bond donors (Lipinski definition) is 1. The molecule has 3 aromatic carbocycles. The van der Waals surface area contributed by atoms with Crippen molar-refractivity contribution in [3.05, 3.63) is 95.1 Å². The number of aryl methyl sites for hydroxylation is 3. The molecule has 0 aliphatic carbocycles. The fraction of sp³-hybridized carbons (Fsp3) is 0.125. The summed E-state index contributed by atoms with van der Waals surface area (Å²) in [5, 5.41) is 11.5. The van der Waals surface area contributed by atoms with Gasteiger partial charge in [-0.15, -0.1) is 0 Å². The van der Waals surface area contributed by atoms with Crippen LogP contribution in [-0.4, -0.2) is 5.91 Å². The average Bonchev–Trinajstić information content (AvgIpc) is 2.69. The SMILES string of the molecule is Cc1ccc(C=CC(=O)Nc2ccc(N=Nc3ccccc3C)cc2C)cc1. The number of nitrogens with one attached hydrogen (secondary N) is 1. The zero-order valence-corrected chi connectivity index (χ0v) is 16.3. The number of benzene rings is 3. The third kappa shape index (κ3) is 5.24. The summed E-state index contributed by atoms with van der Waals surface area (Å²) in [5.74, 6) is -0.169. The molecule has 0 fully saturated rings. The second-order valence-corrected chi connectivity index (χ2v) is 6.72. The highest BCUT2D eigenvalue weighted by atomic mass is 16.1. The monoisotopic (exact) mass is 369 g/mol. The Kier molecular flexibility index (Phi) is 6.12. The topological polar surface area (TPSA) is 53.8 Å². The molecular formula is C24H23N3O. The first-order valence-corrected chi connectivity index (χ1v) is 9.15. The van der Waals surface area contributed by atoms with Crippen molar-refractivity contribution >= 4 is 29.0 Å². The molecule has 0 bridgehead atoms. The lowest BCUT2D eigenvalue weighted by molar-refractivity contribution is -0.111. The van der Waals surface area contributed by atoms with Gasteiger partial charge in [-0.1, -0.05) is 48.0 Å². The smallest absolute Gasteiger partial charge is 0.248 e. The van der Waals surface area contributed by atoms with Crippen LogP contribution in [0.3, 0.4) is 0 Å². The Labute approximate surface area is 165 Å². The average molecular weight is 369 g/mol. The first kappa shape index (κ1) is 19.2. The Morgan fingerprint density at radius 2 is 1.61 bits per heavy atom. The van der Waals surface area contributed by atoms with Crippen molar-refractivity contribution in [2.24, 2.45) is 10.2 Å². The quantitative estimate of drug-likeness (QED) is 0.396. The number of azo groups is 1. The second kappa shape index (κ2) is 8.91. The van der Waals surface area contributed by atoms with E-state index >= 15 is 0 Å². The normalized spacial score (nSPS) is 11.2. The molecule has 1 amide bonds. The van der Waals surface area contributed by atoms with Crippen LogP contribution >= 0.6 is 0 Å². The molecule has 0 atom stereocenters. The van der Waals surface area contributed by atoms with Gasteiger partial charge in [0.1, 0.15) is 0 Å². The molecule has 4 heteroatoms. The molecule has 0 spiro atoms. The standard InChI is InChI=1S/C24H23N3O/c1-17-8-10-20(11-9-17)12-15-24(28)25-22-14-13-21(16-19(22)3)26-27-23-7-5-4-6-18(23)2/h4-16H,1-3H3,(H,25,28). The van der Waals surface area contributed by atoms with Crippen LogP contribution in [0.5, 0.6) is 0 Å². The summed E-state index contributed by atoms with van der Waals surface area (Å²) in [4.78, 5) is 12.2. The molecule has 0 saturated carbocycles. The lowest BCUT2D eigenvalue weighted by Crippen LogP contribution is -2.08. The highest BCUT2D eigenvalue weighted by Gasteiger charge is 2.03. The van der Waals surface area contributed by atoms with Gasteiger partial charge in [0.25, 0.3) is 0 Å². The predicted octanol–water partition coefficient (Wildman–Crippen LogP) is 6.68. The van der Waals surface area contributed by atoms with Gasteiger partial charge in [-0.25, -0.2) is 0 Å². The Morgan fingerprint density at radius 1 is 0.857 bits per heavy atom. The van der Waals surface area contributed by atoms with E-state index in [0.29, 0.717) is 0 Å². The molecule has 0 saturated heterocycles. The molecule has 4 nitrogen and oxygen atoms in total. The number of hydrogen-bond acceptors (Lipinski definition) is 3. The number of rotatable bonds is 5. The van der Waals surface area contributed by atoms with Crippen molar-refractivity contribution in [1.82, 2.24) is 0 Å². The number of nitrogens with zero attached hydrogens (tertiary/aromatic N) is 2. The zero-order chi connectivity index (χ0) is 19.9. The van der Waals surface area contributed by atoms with Crippen LogP contribution in [0.15, 0.2) is 83.0 Å². The fourth-order valence-electron chi connectivity index (χ4n) is 2.66. The summed E-state index contributed by atoms with van der Waals surface area (Å²) in [6.07, 6.45) is 3.34. The summed E-state index contributed by atoms with van der Waals surface area (Å²) in [7, 11) is 0. The van der Waals surface area contributed by atoms with E-state index in [-0.39, 0.29) is 5.91 Å².